The fraction of sp³-hybridized carbons (Fsp3) is 0.333. The molecular formula is C18H19N3O7. The number of carbonyl (C=O) groups is 4. The zero-order valence-electron chi connectivity index (χ0n) is 15.6. The van der Waals surface area contributed by atoms with Crippen LogP contribution in [-0.2, 0) is 20.8 Å². The molecular weight excluding hydrogens is 370 g/mol. The van der Waals surface area contributed by atoms with E-state index in [-0.39, 0.29) is 18.3 Å². The molecule has 1 aromatic rings. The van der Waals surface area contributed by atoms with E-state index in [1.165, 1.54) is 25.0 Å². The van der Waals surface area contributed by atoms with Gasteiger partial charge in [0.05, 0.1) is 7.11 Å². The molecule has 1 saturated heterocycles. The number of hydrogen-bond donors (Lipinski definition) is 2. The van der Waals surface area contributed by atoms with Crippen LogP contribution in [0.1, 0.15) is 18.1 Å². The molecule has 0 spiro atoms. The molecule has 0 atom stereocenters. The SMILES string of the molecule is COc1c(C=C2C(=O)NC(=O)NC2=O)c(CCN(C)C(C)=O)cc2c1OCO2. The fourth-order valence-corrected chi connectivity index (χ4v) is 2.84. The van der Waals surface area contributed by atoms with Crippen LogP contribution in [0.25, 0.3) is 6.08 Å². The predicted molar refractivity (Wildman–Crippen MR) is 95.8 cm³/mol. The van der Waals surface area contributed by atoms with Gasteiger partial charge in [0.25, 0.3) is 11.8 Å². The zero-order valence-corrected chi connectivity index (χ0v) is 15.6. The van der Waals surface area contributed by atoms with Crippen LogP contribution in [0, 0.1) is 0 Å². The Balaban J connectivity index is 2.08. The van der Waals surface area contributed by atoms with Gasteiger partial charge in [0.1, 0.15) is 5.57 Å². The van der Waals surface area contributed by atoms with Gasteiger partial charge in [0.15, 0.2) is 11.5 Å². The lowest BCUT2D eigenvalue weighted by molar-refractivity contribution is -0.127. The first-order chi connectivity index (χ1) is 13.3. The Labute approximate surface area is 160 Å². The van der Waals surface area contributed by atoms with E-state index in [2.05, 4.69) is 0 Å². The number of benzene rings is 1. The average Bonchev–Trinajstić information content (AvgIpc) is 3.09. The largest absolute Gasteiger partial charge is 0.492 e. The summed E-state index contributed by atoms with van der Waals surface area (Å²) in [7, 11) is 3.09. The highest BCUT2D eigenvalue weighted by molar-refractivity contribution is 6.31. The Morgan fingerprint density at radius 2 is 1.93 bits per heavy atom. The maximum Gasteiger partial charge on any atom is 0.328 e. The van der Waals surface area contributed by atoms with E-state index in [4.69, 9.17) is 14.2 Å². The number of likely N-dealkylation sites (N-methyl/N-ethyl adjacent to an activating group) is 1. The molecule has 0 bridgehead atoms. The molecule has 0 radical (unpaired) electrons. The number of fused-ring (bicyclic) bond motifs is 1. The molecule has 0 aliphatic carbocycles. The van der Waals surface area contributed by atoms with E-state index in [0.717, 1.165) is 0 Å². The van der Waals surface area contributed by atoms with Crippen molar-refractivity contribution in [3.05, 3.63) is 22.8 Å². The number of rotatable bonds is 5. The van der Waals surface area contributed by atoms with Gasteiger partial charge in [0, 0.05) is 26.1 Å². The molecule has 28 heavy (non-hydrogen) atoms. The summed E-state index contributed by atoms with van der Waals surface area (Å²) in [5.74, 6) is -0.629. The number of imide groups is 2. The van der Waals surface area contributed by atoms with Gasteiger partial charge in [-0.3, -0.25) is 25.0 Å². The van der Waals surface area contributed by atoms with Crippen molar-refractivity contribution >= 4 is 29.8 Å². The van der Waals surface area contributed by atoms with E-state index in [9.17, 15) is 19.2 Å². The summed E-state index contributed by atoms with van der Waals surface area (Å²) < 4.78 is 16.3. The summed E-state index contributed by atoms with van der Waals surface area (Å²) in [6.07, 6.45) is 1.74. The average molecular weight is 389 g/mol. The van der Waals surface area contributed by atoms with Gasteiger partial charge in [-0.1, -0.05) is 0 Å². The minimum Gasteiger partial charge on any atom is -0.492 e. The molecule has 0 unspecified atom stereocenters. The van der Waals surface area contributed by atoms with Crippen LogP contribution in [0.15, 0.2) is 11.6 Å². The first-order valence-corrected chi connectivity index (χ1v) is 8.41. The molecule has 3 rings (SSSR count). The normalized spacial score (nSPS) is 15.1. The van der Waals surface area contributed by atoms with E-state index >= 15 is 0 Å². The third kappa shape index (κ3) is 3.61. The number of hydrogen-bond acceptors (Lipinski definition) is 7. The molecule has 0 aromatic heterocycles. The number of ether oxygens (including phenoxy) is 3. The minimum absolute atomic E-state index is 0.00792. The minimum atomic E-state index is -0.881. The second-order valence-electron chi connectivity index (χ2n) is 6.20. The van der Waals surface area contributed by atoms with E-state index in [0.29, 0.717) is 41.3 Å². The maximum absolute atomic E-state index is 12.1. The lowest BCUT2D eigenvalue weighted by Crippen LogP contribution is -2.51. The molecule has 5 amide bonds. The van der Waals surface area contributed by atoms with Crippen LogP contribution in [0.4, 0.5) is 4.79 Å². The second kappa shape index (κ2) is 7.59. The van der Waals surface area contributed by atoms with E-state index in [1.54, 1.807) is 13.1 Å². The van der Waals surface area contributed by atoms with Crippen LogP contribution in [0.2, 0.25) is 0 Å². The smallest absolute Gasteiger partial charge is 0.328 e. The molecule has 148 valence electrons. The highest BCUT2D eigenvalue weighted by Gasteiger charge is 2.30. The van der Waals surface area contributed by atoms with Crippen molar-refractivity contribution < 1.29 is 33.4 Å². The van der Waals surface area contributed by atoms with E-state index < -0.39 is 17.8 Å². The predicted octanol–water partition coefficient (Wildman–Crippen LogP) is 0.194. The van der Waals surface area contributed by atoms with Crippen LogP contribution in [0.5, 0.6) is 17.2 Å². The van der Waals surface area contributed by atoms with Crippen molar-refractivity contribution in [3.8, 4) is 17.2 Å². The Bertz CT molecular complexity index is 885. The van der Waals surface area contributed by atoms with Crippen molar-refractivity contribution in [1.29, 1.82) is 0 Å². The van der Waals surface area contributed by atoms with Crippen LogP contribution < -0.4 is 24.8 Å². The second-order valence-corrected chi connectivity index (χ2v) is 6.20. The molecule has 2 heterocycles. The number of barbiturate groups is 1. The number of carbonyl (C=O) groups excluding carboxylic acids is 4. The van der Waals surface area contributed by atoms with Crippen molar-refractivity contribution in [2.75, 3.05) is 27.5 Å². The maximum atomic E-state index is 12.1. The summed E-state index contributed by atoms with van der Waals surface area (Å²) in [5.41, 5.74) is 0.857. The summed E-state index contributed by atoms with van der Waals surface area (Å²) in [4.78, 5) is 48.5. The summed E-state index contributed by atoms with van der Waals surface area (Å²) in [6.45, 7) is 1.86. The molecule has 2 N–H and O–H groups in total. The van der Waals surface area contributed by atoms with E-state index in [1.807, 2.05) is 10.6 Å². The topological polar surface area (TPSA) is 123 Å². The van der Waals surface area contributed by atoms with Gasteiger partial charge in [-0.05, 0) is 24.1 Å². The van der Waals surface area contributed by atoms with Gasteiger partial charge < -0.3 is 19.1 Å². The highest BCUT2D eigenvalue weighted by atomic mass is 16.7. The monoisotopic (exact) mass is 389 g/mol. The Kier molecular flexibility index (Phi) is 5.21. The Hall–Kier alpha value is -3.56. The van der Waals surface area contributed by atoms with Gasteiger partial charge in [-0.2, -0.15) is 0 Å². The zero-order chi connectivity index (χ0) is 20.4. The Morgan fingerprint density at radius 1 is 1.25 bits per heavy atom. The Morgan fingerprint density at radius 3 is 2.54 bits per heavy atom. The van der Waals surface area contributed by atoms with Crippen LogP contribution >= 0.6 is 0 Å². The molecule has 2 aliphatic heterocycles. The first-order valence-electron chi connectivity index (χ1n) is 8.41. The number of urea groups is 1. The highest BCUT2D eigenvalue weighted by Crippen LogP contribution is 2.46. The standard InChI is InChI=1S/C18H19N3O7/c1-9(22)21(2)5-4-10-6-13-15(28-8-27-13)14(26-3)11(10)7-12-16(23)19-18(25)20-17(12)24/h6-7H,4-5,8H2,1-3H3,(H2,19,20,23,24,25). The van der Waals surface area contributed by atoms with Crippen molar-refractivity contribution in [1.82, 2.24) is 15.5 Å². The molecule has 10 nitrogen and oxygen atoms in total. The van der Waals surface area contributed by atoms with Crippen LogP contribution in [0.3, 0.4) is 0 Å². The molecule has 0 saturated carbocycles. The lowest BCUT2D eigenvalue weighted by Gasteiger charge is -2.19. The van der Waals surface area contributed by atoms with Crippen molar-refractivity contribution in [3.63, 3.8) is 0 Å². The van der Waals surface area contributed by atoms with Crippen molar-refractivity contribution in [2.24, 2.45) is 0 Å². The molecule has 10 heteroatoms. The fourth-order valence-electron chi connectivity index (χ4n) is 2.84. The number of nitrogens with one attached hydrogen (secondary N) is 2. The number of methoxy groups -OCH3 is 1. The molecule has 1 aromatic carbocycles. The van der Waals surface area contributed by atoms with Gasteiger partial charge >= 0.3 is 6.03 Å². The third-order valence-corrected chi connectivity index (χ3v) is 4.43. The first kappa shape index (κ1) is 19.2. The summed E-state index contributed by atoms with van der Waals surface area (Å²) >= 11 is 0. The molecule has 2 aliphatic rings. The molecule has 1 fully saturated rings. The quantitative estimate of drug-likeness (QED) is 0.544. The van der Waals surface area contributed by atoms with Gasteiger partial charge in [0.2, 0.25) is 18.4 Å². The van der Waals surface area contributed by atoms with Gasteiger partial charge in [-0.25, -0.2) is 4.79 Å². The van der Waals surface area contributed by atoms with Crippen molar-refractivity contribution in [2.45, 2.75) is 13.3 Å². The summed E-state index contributed by atoms with van der Waals surface area (Å²) in [6, 6.07) is 0.836. The number of amides is 5. The number of nitrogens with zero attached hydrogens (tertiary/aromatic N) is 1. The third-order valence-electron chi connectivity index (χ3n) is 4.43. The van der Waals surface area contributed by atoms with Crippen LogP contribution in [-0.4, -0.2) is 56.1 Å². The lowest BCUT2D eigenvalue weighted by atomic mass is 9.98. The summed E-state index contributed by atoms with van der Waals surface area (Å²) in [5, 5.41) is 4.05. The van der Waals surface area contributed by atoms with Gasteiger partial charge in [-0.15, -0.1) is 0 Å².